The number of aliphatic hydroxyl groups is 1. The zero-order chi connectivity index (χ0) is 27.4. The monoisotopic (exact) mass is 560 g/mol. The van der Waals surface area contributed by atoms with E-state index in [2.05, 4.69) is 5.48 Å². The second-order valence-corrected chi connectivity index (χ2v) is 10.1. The van der Waals surface area contributed by atoms with Gasteiger partial charge in [-0.15, -0.1) is 0 Å². The zero-order valence-corrected chi connectivity index (χ0v) is 22.3. The Morgan fingerprint density at radius 1 is 0.897 bits per heavy atom. The van der Waals surface area contributed by atoms with Crippen molar-refractivity contribution in [3.8, 4) is 0 Å². The van der Waals surface area contributed by atoms with Gasteiger partial charge in [0.05, 0.1) is 31.2 Å². The van der Waals surface area contributed by atoms with Gasteiger partial charge in [0.2, 0.25) is 0 Å². The molecule has 0 radical (unpaired) electrons. The number of hydrogen-bond acceptors (Lipinski definition) is 4. The van der Waals surface area contributed by atoms with Crippen molar-refractivity contribution in [1.82, 2.24) is 10.4 Å². The van der Waals surface area contributed by atoms with E-state index < -0.39 is 23.9 Å². The Morgan fingerprint density at radius 2 is 1.56 bits per heavy atom. The highest BCUT2D eigenvalue weighted by Crippen LogP contribution is 2.48. The maximum atomic E-state index is 14.1. The summed E-state index contributed by atoms with van der Waals surface area (Å²) in [5.41, 5.74) is 5.65. The van der Waals surface area contributed by atoms with Gasteiger partial charge in [-0.25, -0.2) is 5.48 Å². The van der Waals surface area contributed by atoms with E-state index in [0.717, 1.165) is 11.1 Å². The van der Waals surface area contributed by atoms with Crippen LogP contribution < -0.4 is 5.48 Å². The molecule has 5 rings (SSSR count). The summed E-state index contributed by atoms with van der Waals surface area (Å²) >= 11 is 12.9. The fraction of sp³-hybridized carbons (Fsp3) is 0.161. The van der Waals surface area contributed by atoms with Gasteiger partial charge in [-0.1, -0.05) is 108 Å². The lowest BCUT2D eigenvalue weighted by Gasteiger charge is -2.45. The molecule has 4 aromatic rings. The molecule has 8 heteroatoms. The first kappa shape index (κ1) is 26.9. The Kier molecular flexibility index (Phi) is 8.29. The summed E-state index contributed by atoms with van der Waals surface area (Å²) in [7, 11) is 0. The predicted molar refractivity (Wildman–Crippen MR) is 150 cm³/mol. The molecule has 198 valence electrons. The number of carbonyl (C=O) groups is 2. The number of nitrogens with zero attached hydrogens (tertiary/aromatic N) is 1. The fourth-order valence-electron chi connectivity index (χ4n) is 5.11. The molecule has 1 heterocycles. The number of benzene rings is 4. The largest absolute Gasteiger partial charge is 0.394 e. The van der Waals surface area contributed by atoms with E-state index >= 15 is 0 Å². The molecule has 3 atom stereocenters. The number of halogens is 2. The van der Waals surface area contributed by atoms with Gasteiger partial charge >= 0.3 is 0 Å². The fourth-order valence-corrected chi connectivity index (χ4v) is 5.63. The lowest BCUT2D eigenvalue weighted by atomic mass is 9.78. The van der Waals surface area contributed by atoms with Crippen LogP contribution >= 0.6 is 23.2 Å². The van der Waals surface area contributed by atoms with Gasteiger partial charge < -0.3 is 10.0 Å². The molecule has 1 aliphatic rings. The van der Waals surface area contributed by atoms with Crippen LogP contribution in [0.3, 0.4) is 0 Å². The quantitative estimate of drug-likeness (QED) is 0.249. The molecular formula is C31H26Cl2N2O4. The van der Waals surface area contributed by atoms with E-state index in [-0.39, 0.29) is 19.1 Å². The number of fused-ring (bicyclic) bond motifs is 1. The number of aliphatic hydroxyl groups excluding tert-OH is 1. The highest BCUT2D eigenvalue weighted by Gasteiger charge is 2.47. The molecule has 2 amide bonds. The molecule has 0 spiro atoms. The van der Waals surface area contributed by atoms with Crippen molar-refractivity contribution in [2.45, 2.75) is 24.6 Å². The van der Waals surface area contributed by atoms with Crippen LogP contribution in [0.4, 0.5) is 0 Å². The number of rotatable bonds is 8. The van der Waals surface area contributed by atoms with Crippen LogP contribution in [0, 0.1) is 0 Å². The van der Waals surface area contributed by atoms with Crippen LogP contribution in [0.1, 0.15) is 50.6 Å². The van der Waals surface area contributed by atoms with Crippen LogP contribution in [0.15, 0.2) is 103 Å². The van der Waals surface area contributed by atoms with Gasteiger partial charge in [-0.3, -0.25) is 14.4 Å². The van der Waals surface area contributed by atoms with Gasteiger partial charge in [0.1, 0.15) is 0 Å². The van der Waals surface area contributed by atoms with Crippen LogP contribution in [0.5, 0.6) is 0 Å². The van der Waals surface area contributed by atoms with Crippen molar-refractivity contribution in [1.29, 1.82) is 0 Å². The first-order valence-electron chi connectivity index (χ1n) is 12.5. The number of nitrogens with one attached hydrogen (secondary N) is 1. The van der Waals surface area contributed by atoms with Crippen molar-refractivity contribution in [2.75, 3.05) is 6.61 Å². The van der Waals surface area contributed by atoms with E-state index in [1.165, 1.54) is 0 Å². The standard InChI is InChI=1S/C31H26Cl2N2O4/c32-22-15-16-25(26(33)17-22)29-28(30(37)34-39-19-20-9-3-1-4-10-20)23-13-7-8-14-24(23)31(38)35(29)27(18-36)21-11-5-2-6-12-21/h1-17,27-29,36H,18-19H2,(H,34,37)/t27-,28-,29+/m1/s1. The summed E-state index contributed by atoms with van der Waals surface area (Å²) < 4.78 is 0. The molecule has 39 heavy (non-hydrogen) atoms. The molecule has 0 saturated carbocycles. The second kappa shape index (κ2) is 12.0. The Morgan fingerprint density at radius 3 is 2.26 bits per heavy atom. The van der Waals surface area contributed by atoms with Gasteiger partial charge in [0, 0.05) is 15.6 Å². The normalized spacial score (nSPS) is 17.4. The molecule has 1 aliphatic heterocycles. The molecule has 4 aromatic carbocycles. The summed E-state index contributed by atoms with van der Waals surface area (Å²) in [5, 5.41) is 11.3. The van der Waals surface area contributed by atoms with E-state index in [4.69, 9.17) is 28.0 Å². The van der Waals surface area contributed by atoms with Gasteiger partial charge in [0.25, 0.3) is 11.8 Å². The summed E-state index contributed by atoms with van der Waals surface area (Å²) in [6, 6.07) is 29.0. The SMILES string of the molecule is O=C(NOCc1ccccc1)[C@@H]1c2ccccc2C(=O)N([C@H](CO)c2ccccc2)[C@H]1c1ccc(Cl)cc1Cl. The van der Waals surface area contributed by atoms with Crippen LogP contribution in [0.25, 0.3) is 0 Å². The van der Waals surface area contributed by atoms with Crippen molar-refractivity contribution in [3.63, 3.8) is 0 Å². The minimum absolute atomic E-state index is 0.166. The van der Waals surface area contributed by atoms with Crippen molar-refractivity contribution < 1.29 is 19.5 Å². The molecule has 0 aliphatic carbocycles. The Labute approximate surface area is 236 Å². The van der Waals surface area contributed by atoms with Crippen LogP contribution in [0.2, 0.25) is 10.0 Å². The summed E-state index contributed by atoms with van der Waals surface area (Å²) in [6.45, 7) is -0.197. The number of hydrogen-bond donors (Lipinski definition) is 2. The van der Waals surface area contributed by atoms with E-state index in [1.54, 1.807) is 47.4 Å². The third-order valence-electron chi connectivity index (χ3n) is 6.89. The molecule has 0 aromatic heterocycles. The summed E-state index contributed by atoms with van der Waals surface area (Å²) in [4.78, 5) is 35.2. The smallest absolute Gasteiger partial charge is 0.255 e. The summed E-state index contributed by atoms with van der Waals surface area (Å²) in [5.74, 6) is -1.67. The molecule has 0 unspecified atom stereocenters. The van der Waals surface area contributed by atoms with E-state index in [0.29, 0.717) is 26.7 Å². The molecular weight excluding hydrogens is 535 g/mol. The molecule has 0 fully saturated rings. The predicted octanol–water partition coefficient (Wildman–Crippen LogP) is 6.26. The van der Waals surface area contributed by atoms with Gasteiger partial charge in [-0.05, 0) is 40.5 Å². The third-order valence-corrected chi connectivity index (χ3v) is 7.45. The average molecular weight is 561 g/mol. The third kappa shape index (κ3) is 5.56. The van der Waals surface area contributed by atoms with Crippen molar-refractivity contribution >= 4 is 35.0 Å². The minimum atomic E-state index is -0.897. The number of carbonyl (C=O) groups excluding carboxylic acids is 2. The van der Waals surface area contributed by atoms with E-state index in [9.17, 15) is 14.7 Å². The zero-order valence-electron chi connectivity index (χ0n) is 20.8. The maximum absolute atomic E-state index is 14.1. The lowest BCUT2D eigenvalue weighted by molar-refractivity contribution is -0.138. The summed E-state index contributed by atoms with van der Waals surface area (Å²) in [6.07, 6.45) is 0. The Bertz CT molecular complexity index is 1470. The Hall–Kier alpha value is -3.68. The first-order chi connectivity index (χ1) is 19.0. The first-order valence-corrected chi connectivity index (χ1v) is 13.2. The van der Waals surface area contributed by atoms with Gasteiger partial charge in [-0.2, -0.15) is 0 Å². The second-order valence-electron chi connectivity index (χ2n) is 9.24. The molecule has 0 saturated heterocycles. The van der Waals surface area contributed by atoms with Crippen LogP contribution in [-0.2, 0) is 16.2 Å². The van der Waals surface area contributed by atoms with Crippen molar-refractivity contribution in [3.05, 3.63) is 141 Å². The number of amides is 2. The molecule has 2 N–H and O–H groups in total. The van der Waals surface area contributed by atoms with Crippen LogP contribution in [-0.4, -0.2) is 28.4 Å². The number of hydroxylamine groups is 1. The van der Waals surface area contributed by atoms with Gasteiger partial charge in [0.15, 0.2) is 0 Å². The molecule has 6 nitrogen and oxygen atoms in total. The van der Waals surface area contributed by atoms with E-state index in [1.807, 2.05) is 60.7 Å². The topological polar surface area (TPSA) is 78.9 Å². The lowest BCUT2D eigenvalue weighted by Crippen LogP contribution is -2.49. The maximum Gasteiger partial charge on any atom is 0.255 e. The van der Waals surface area contributed by atoms with Crippen molar-refractivity contribution in [2.24, 2.45) is 0 Å². The Balaban J connectivity index is 1.62. The average Bonchev–Trinajstić information content (AvgIpc) is 2.96. The highest BCUT2D eigenvalue weighted by molar-refractivity contribution is 6.35. The molecule has 0 bridgehead atoms. The minimum Gasteiger partial charge on any atom is -0.394 e. The highest BCUT2D eigenvalue weighted by atomic mass is 35.5.